The van der Waals surface area contributed by atoms with Crippen LogP contribution < -0.4 is 11.1 Å². The molecular formula is C22H20N4O3. The van der Waals surface area contributed by atoms with E-state index >= 15 is 0 Å². The van der Waals surface area contributed by atoms with Crippen LogP contribution in [0.5, 0.6) is 0 Å². The first-order valence-corrected chi connectivity index (χ1v) is 9.18. The van der Waals surface area contributed by atoms with Gasteiger partial charge in [0.05, 0.1) is 16.6 Å². The highest BCUT2D eigenvalue weighted by molar-refractivity contribution is 6.10. The Kier molecular flexibility index (Phi) is 4.30. The molecule has 0 amide bonds. The molecule has 0 radical (unpaired) electrons. The number of carbonyl (C=O) groups is 1. The minimum absolute atomic E-state index is 0.0748. The lowest BCUT2D eigenvalue weighted by atomic mass is 10.0. The summed E-state index contributed by atoms with van der Waals surface area (Å²) in [5.41, 5.74) is 2.48. The van der Waals surface area contributed by atoms with Crippen molar-refractivity contribution in [3.05, 3.63) is 91.4 Å². The van der Waals surface area contributed by atoms with Crippen LogP contribution in [0.15, 0.2) is 52.1 Å². The Hall–Kier alpha value is -3.74. The second kappa shape index (κ2) is 6.70. The van der Waals surface area contributed by atoms with E-state index in [1.54, 1.807) is 33.0 Å². The molecule has 0 spiro atoms. The molecule has 29 heavy (non-hydrogen) atoms. The standard InChI is InChI=1S/C22H20N4O3/c1-12-5-8-16(9-6-12)26-14(3)23-18-10-7-15(11-17(18)21(26)28)20(27)19-13(2)24-25(4)22(19)29/h5-11,24H,1-4H3. The van der Waals surface area contributed by atoms with E-state index in [0.29, 0.717) is 28.1 Å². The fourth-order valence-corrected chi connectivity index (χ4v) is 3.53. The van der Waals surface area contributed by atoms with E-state index in [9.17, 15) is 14.4 Å². The fourth-order valence-electron chi connectivity index (χ4n) is 3.53. The summed E-state index contributed by atoms with van der Waals surface area (Å²) < 4.78 is 2.79. The molecule has 2 aromatic carbocycles. The second-order valence-corrected chi connectivity index (χ2v) is 7.17. The lowest BCUT2D eigenvalue weighted by molar-refractivity contribution is 0.103. The monoisotopic (exact) mass is 388 g/mol. The zero-order chi connectivity index (χ0) is 20.9. The fraction of sp³-hybridized carbons (Fsp3) is 0.182. The van der Waals surface area contributed by atoms with Crippen LogP contribution in [0, 0.1) is 20.8 Å². The molecule has 0 aliphatic heterocycles. The van der Waals surface area contributed by atoms with Gasteiger partial charge in [-0.15, -0.1) is 0 Å². The highest BCUT2D eigenvalue weighted by Crippen LogP contribution is 2.17. The van der Waals surface area contributed by atoms with Gasteiger partial charge >= 0.3 is 0 Å². The number of aromatic amines is 1. The normalized spacial score (nSPS) is 11.2. The Balaban J connectivity index is 1.92. The number of ketones is 1. The predicted molar refractivity (Wildman–Crippen MR) is 111 cm³/mol. The van der Waals surface area contributed by atoms with Gasteiger partial charge in [0.25, 0.3) is 11.1 Å². The van der Waals surface area contributed by atoms with Crippen molar-refractivity contribution in [1.29, 1.82) is 0 Å². The molecule has 0 aliphatic rings. The zero-order valence-corrected chi connectivity index (χ0v) is 16.6. The average molecular weight is 388 g/mol. The van der Waals surface area contributed by atoms with Crippen LogP contribution in [0.3, 0.4) is 0 Å². The van der Waals surface area contributed by atoms with Crippen LogP contribution in [0.2, 0.25) is 0 Å². The van der Waals surface area contributed by atoms with E-state index in [0.717, 1.165) is 5.56 Å². The van der Waals surface area contributed by atoms with Crippen molar-refractivity contribution >= 4 is 16.7 Å². The molecule has 7 heteroatoms. The molecule has 0 bridgehead atoms. The summed E-state index contributed by atoms with van der Waals surface area (Å²) in [7, 11) is 1.56. The van der Waals surface area contributed by atoms with Crippen molar-refractivity contribution < 1.29 is 4.79 Å². The molecule has 0 aliphatic carbocycles. The summed E-state index contributed by atoms with van der Waals surface area (Å²) in [6.07, 6.45) is 0. The van der Waals surface area contributed by atoms with Crippen molar-refractivity contribution in [3.8, 4) is 5.69 Å². The van der Waals surface area contributed by atoms with E-state index in [-0.39, 0.29) is 16.7 Å². The summed E-state index contributed by atoms with van der Waals surface area (Å²) in [6.45, 7) is 5.42. The number of rotatable bonds is 3. The topological polar surface area (TPSA) is 89.8 Å². The molecule has 0 saturated heterocycles. The first-order valence-electron chi connectivity index (χ1n) is 9.18. The van der Waals surface area contributed by atoms with Gasteiger partial charge in [0.1, 0.15) is 11.4 Å². The third-order valence-corrected chi connectivity index (χ3v) is 5.05. The lowest BCUT2D eigenvalue weighted by Crippen LogP contribution is -2.23. The van der Waals surface area contributed by atoms with E-state index < -0.39 is 11.3 Å². The Labute approximate surface area is 166 Å². The van der Waals surface area contributed by atoms with Gasteiger partial charge in [0.15, 0.2) is 5.78 Å². The van der Waals surface area contributed by atoms with Crippen LogP contribution in [-0.2, 0) is 7.05 Å². The molecule has 0 unspecified atom stereocenters. The Morgan fingerprint density at radius 1 is 0.966 bits per heavy atom. The Morgan fingerprint density at radius 2 is 1.66 bits per heavy atom. The van der Waals surface area contributed by atoms with Gasteiger partial charge in [-0.2, -0.15) is 0 Å². The van der Waals surface area contributed by atoms with Gasteiger partial charge in [-0.3, -0.25) is 28.7 Å². The maximum Gasteiger partial charge on any atom is 0.277 e. The number of nitrogens with zero attached hydrogens (tertiary/aromatic N) is 3. The Morgan fingerprint density at radius 3 is 2.28 bits per heavy atom. The van der Waals surface area contributed by atoms with E-state index in [4.69, 9.17) is 0 Å². The molecular weight excluding hydrogens is 368 g/mol. The molecule has 0 atom stereocenters. The summed E-state index contributed by atoms with van der Waals surface area (Å²) in [6, 6.07) is 12.3. The van der Waals surface area contributed by atoms with E-state index in [1.165, 1.54) is 15.3 Å². The molecule has 2 aromatic heterocycles. The van der Waals surface area contributed by atoms with Gasteiger partial charge in [-0.25, -0.2) is 4.98 Å². The van der Waals surface area contributed by atoms with Gasteiger partial charge in [0, 0.05) is 18.3 Å². The van der Waals surface area contributed by atoms with Crippen molar-refractivity contribution in [2.24, 2.45) is 7.05 Å². The van der Waals surface area contributed by atoms with Gasteiger partial charge in [-0.1, -0.05) is 17.7 Å². The highest BCUT2D eigenvalue weighted by Gasteiger charge is 2.20. The number of fused-ring (bicyclic) bond motifs is 1. The number of H-pyrrole nitrogens is 1. The molecule has 0 saturated carbocycles. The highest BCUT2D eigenvalue weighted by atomic mass is 16.2. The summed E-state index contributed by atoms with van der Waals surface area (Å²) in [5.74, 6) is 0.133. The number of nitrogens with one attached hydrogen (secondary N) is 1. The minimum Gasteiger partial charge on any atom is -0.299 e. The number of aromatic nitrogens is 4. The molecule has 0 fully saturated rings. The third-order valence-electron chi connectivity index (χ3n) is 5.05. The quantitative estimate of drug-likeness (QED) is 0.546. The smallest absolute Gasteiger partial charge is 0.277 e. The third kappa shape index (κ3) is 3.00. The van der Waals surface area contributed by atoms with Crippen LogP contribution in [-0.4, -0.2) is 25.1 Å². The predicted octanol–water partition coefficient (Wildman–Crippen LogP) is 2.57. The number of hydrogen-bond donors (Lipinski definition) is 1. The largest absolute Gasteiger partial charge is 0.299 e. The SMILES string of the molecule is Cc1ccc(-n2c(C)nc3ccc(C(=O)c4c(C)[nH]n(C)c4=O)cc3c2=O)cc1. The van der Waals surface area contributed by atoms with Crippen LogP contribution in [0.25, 0.3) is 16.6 Å². The summed E-state index contributed by atoms with van der Waals surface area (Å²) in [4.78, 5) is 43.0. The van der Waals surface area contributed by atoms with E-state index in [1.807, 2.05) is 31.2 Å². The van der Waals surface area contributed by atoms with Crippen molar-refractivity contribution in [2.75, 3.05) is 0 Å². The van der Waals surface area contributed by atoms with Crippen molar-refractivity contribution in [2.45, 2.75) is 20.8 Å². The maximum atomic E-state index is 13.2. The first-order chi connectivity index (χ1) is 13.8. The lowest BCUT2D eigenvalue weighted by Gasteiger charge is -2.11. The first kappa shape index (κ1) is 18.6. The van der Waals surface area contributed by atoms with E-state index in [2.05, 4.69) is 10.1 Å². The number of hydrogen-bond acceptors (Lipinski definition) is 4. The molecule has 4 aromatic rings. The number of aryl methyl sites for hydroxylation is 4. The van der Waals surface area contributed by atoms with Gasteiger partial charge < -0.3 is 0 Å². The van der Waals surface area contributed by atoms with Gasteiger partial charge in [-0.05, 0) is 51.1 Å². The average Bonchev–Trinajstić information content (AvgIpc) is 2.94. The van der Waals surface area contributed by atoms with Gasteiger partial charge in [0.2, 0.25) is 0 Å². The zero-order valence-electron chi connectivity index (χ0n) is 16.6. The number of carbonyl (C=O) groups excluding carboxylic acids is 1. The second-order valence-electron chi connectivity index (χ2n) is 7.17. The molecule has 2 heterocycles. The molecule has 7 nitrogen and oxygen atoms in total. The maximum absolute atomic E-state index is 13.2. The molecule has 146 valence electrons. The Bertz CT molecular complexity index is 1390. The van der Waals surface area contributed by atoms with Crippen molar-refractivity contribution in [3.63, 3.8) is 0 Å². The van der Waals surface area contributed by atoms with Crippen molar-refractivity contribution in [1.82, 2.24) is 19.3 Å². The van der Waals surface area contributed by atoms with Crippen LogP contribution in [0.1, 0.15) is 33.0 Å². The summed E-state index contributed by atoms with van der Waals surface area (Å²) in [5, 5.41) is 3.15. The van der Waals surface area contributed by atoms with Crippen LogP contribution >= 0.6 is 0 Å². The summed E-state index contributed by atoms with van der Waals surface area (Å²) >= 11 is 0. The number of benzene rings is 2. The van der Waals surface area contributed by atoms with Crippen LogP contribution in [0.4, 0.5) is 0 Å². The molecule has 4 rings (SSSR count). The minimum atomic E-state index is -0.423. The molecule has 1 N–H and O–H groups in total.